The number of nitrogen functional groups attached to an aromatic ring is 1. The first-order valence-corrected chi connectivity index (χ1v) is 13.6. The monoisotopic (exact) mass is 523 g/mol. The van der Waals surface area contributed by atoms with Crippen LogP contribution in [0.4, 0.5) is 21.7 Å². The van der Waals surface area contributed by atoms with Gasteiger partial charge in [0, 0.05) is 28.6 Å². The van der Waals surface area contributed by atoms with Crippen molar-refractivity contribution in [2.24, 2.45) is 11.7 Å². The molecule has 2 aromatic heterocycles. The van der Waals surface area contributed by atoms with E-state index in [1.54, 1.807) is 18.3 Å². The molecule has 0 saturated heterocycles. The van der Waals surface area contributed by atoms with Gasteiger partial charge < -0.3 is 21.1 Å². The Labute approximate surface area is 228 Å². The second-order valence-corrected chi connectivity index (χ2v) is 10.9. The number of methoxy groups -OCH3 is 1. The third-order valence-electron chi connectivity index (χ3n) is 8.47. The van der Waals surface area contributed by atoms with Crippen LogP contribution in [0.5, 0.6) is 5.75 Å². The van der Waals surface area contributed by atoms with Gasteiger partial charge in [0.05, 0.1) is 18.8 Å². The van der Waals surface area contributed by atoms with Crippen LogP contribution in [0.15, 0.2) is 72.9 Å². The molecule has 7 heteroatoms. The molecule has 0 amide bonds. The van der Waals surface area contributed by atoms with Gasteiger partial charge in [-0.2, -0.15) is 0 Å². The lowest BCUT2D eigenvalue weighted by Gasteiger charge is -2.39. The van der Waals surface area contributed by atoms with Gasteiger partial charge in [-0.15, -0.1) is 0 Å². The number of halogens is 1. The fourth-order valence-electron chi connectivity index (χ4n) is 6.00. The molecule has 2 atom stereocenters. The van der Waals surface area contributed by atoms with E-state index in [1.807, 2.05) is 12.1 Å². The van der Waals surface area contributed by atoms with E-state index >= 15 is 0 Å². The van der Waals surface area contributed by atoms with Gasteiger partial charge >= 0.3 is 0 Å². The fourth-order valence-corrected chi connectivity index (χ4v) is 6.00. The number of ether oxygens (including phenoxy) is 1. The highest BCUT2D eigenvalue weighted by atomic mass is 19.1. The van der Waals surface area contributed by atoms with Crippen molar-refractivity contribution >= 4 is 17.3 Å². The smallest absolute Gasteiger partial charge is 0.165 e. The van der Waals surface area contributed by atoms with Crippen LogP contribution in [0.1, 0.15) is 55.3 Å². The van der Waals surface area contributed by atoms with E-state index in [1.165, 1.54) is 19.6 Å². The molecule has 4 N–H and O–H groups in total. The largest absolute Gasteiger partial charge is 0.494 e. The Morgan fingerprint density at radius 2 is 1.85 bits per heavy atom. The van der Waals surface area contributed by atoms with E-state index in [2.05, 4.69) is 53.2 Å². The average molecular weight is 524 g/mol. The summed E-state index contributed by atoms with van der Waals surface area (Å²) in [6.07, 6.45) is 6.77. The molecule has 2 aromatic carbocycles. The van der Waals surface area contributed by atoms with Crippen molar-refractivity contribution in [2.75, 3.05) is 17.7 Å². The first kappa shape index (κ1) is 25.3. The number of benzene rings is 2. The van der Waals surface area contributed by atoms with Gasteiger partial charge in [-0.05, 0) is 91.6 Å². The summed E-state index contributed by atoms with van der Waals surface area (Å²) < 4.78 is 19.4. The van der Waals surface area contributed by atoms with Crippen molar-refractivity contribution in [3.8, 4) is 17.0 Å². The molecule has 1 fully saturated rings. The van der Waals surface area contributed by atoms with Gasteiger partial charge in [0.15, 0.2) is 11.6 Å². The summed E-state index contributed by atoms with van der Waals surface area (Å²) in [5, 5.41) is 0. The lowest BCUT2D eigenvalue weighted by molar-refractivity contribution is 0.253. The van der Waals surface area contributed by atoms with Crippen molar-refractivity contribution in [1.82, 2.24) is 9.97 Å². The molecule has 2 unspecified atom stereocenters. The van der Waals surface area contributed by atoms with Gasteiger partial charge in [0.1, 0.15) is 11.6 Å². The van der Waals surface area contributed by atoms with Crippen LogP contribution in [0, 0.1) is 11.7 Å². The van der Waals surface area contributed by atoms with E-state index in [0.29, 0.717) is 5.82 Å². The van der Waals surface area contributed by atoms with Crippen LogP contribution in [0.25, 0.3) is 11.3 Å². The number of nitrogens with zero attached hydrogens (tertiary/aromatic N) is 3. The Bertz CT molecular complexity index is 1500. The third-order valence-corrected chi connectivity index (χ3v) is 8.47. The summed E-state index contributed by atoms with van der Waals surface area (Å²) >= 11 is 0. The molecule has 3 heterocycles. The maximum atomic E-state index is 14.2. The number of aryl methyl sites for hydroxylation is 1. The van der Waals surface area contributed by atoms with E-state index in [4.69, 9.17) is 21.2 Å². The second kappa shape index (κ2) is 9.97. The van der Waals surface area contributed by atoms with Crippen molar-refractivity contribution in [2.45, 2.75) is 50.6 Å². The molecular formula is C32H34FN5O. The van der Waals surface area contributed by atoms with E-state index < -0.39 is 5.82 Å². The Morgan fingerprint density at radius 3 is 2.54 bits per heavy atom. The zero-order valence-corrected chi connectivity index (χ0v) is 22.4. The molecule has 0 bridgehead atoms. The predicted octanol–water partition coefficient (Wildman–Crippen LogP) is 6.67. The number of fused-ring (bicyclic) bond motifs is 1. The Kier molecular flexibility index (Phi) is 6.47. The number of nitrogens with two attached hydrogens (primary N) is 2. The summed E-state index contributed by atoms with van der Waals surface area (Å²) in [6.45, 7) is 2.26. The summed E-state index contributed by atoms with van der Waals surface area (Å²) in [6, 6.07) is 21.5. The molecule has 4 aromatic rings. The van der Waals surface area contributed by atoms with Crippen molar-refractivity contribution in [3.05, 3.63) is 95.4 Å². The van der Waals surface area contributed by atoms with Gasteiger partial charge in [0.2, 0.25) is 0 Å². The Balaban J connectivity index is 1.52. The molecule has 1 aliphatic heterocycles. The maximum Gasteiger partial charge on any atom is 0.165 e. The zero-order valence-electron chi connectivity index (χ0n) is 22.4. The number of aromatic nitrogens is 2. The van der Waals surface area contributed by atoms with Gasteiger partial charge in [-0.25, -0.2) is 14.4 Å². The maximum absolute atomic E-state index is 14.2. The standard InChI is InChI=1S/C32H34FN5O/c1-20-6-7-21-9-15-27(22-8-14-26(33)28(19-22)39-2)37-31(21)38(29(20)25-5-3-18-36-30(25)34)24-12-10-23(11-13-24)32(35)16-4-17-32/h3,5,8-15,18-20,29H,4,6-7,16-17,35H2,1-2H3,(H2,34,36). The average Bonchev–Trinajstić information content (AvgIpc) is 3.08. The highest BCUT2D eigenvalue weighted by Crippen LogP contribution is 2.47. The molecule has 39 heavy (non-hydrogen) atoms. The van der Waals surface area contributed by atoms with Crippen LogP contribution >= 0.6 is 0 Å². The lowest BCUT2D eigenvalue weighted by atomic mass is 9.73. The molecule has 6 rings (SSSR count). The Morgan fingerprint density at radius 1 is 1.05 bits per heavy atom. The van der Waals surface area contributed by atoms with E-state index in [0.717, 1.165) is 65.1 Å². The molecule has 1 aliphatic carbocycles. The van der Waals surface area contributed by atoms with Crippen LogP contribution in [-0.4, -0.2) is 17.1 Å². The lowest BCUT2D eigenvalue weighted by Crippen LogP contribution is -2.43. The normalized spacial score (nSPS) is 20.1. The first-order valence-electron chi connectivity index (χ1n) is 13.6. The minimum atomic E-state index is -0.400. The zero-order chi connectivity index (χ0) is 27.1. The summed E-state index contributed by atoms with van der Waals surface area (Å²) in [4.78, 5) is 11.9. The molecule has 2 aliphatic rings. The molecule has 0 spiro atoms. The molecule has 6 nitrogen and oxygen atoms in total. The van der Waals surface area contributed by atoms with E-state index in [9.17, 15) is 4.39 Å². The number of hydrogen-bond acceptors (Lipinski definition) is 6. The fraction of sp³-hybridized carbons (Fsp3) is 0.312. The number of hydrogen-bond donors (Lipinski definition) is 2. The van der Waals surface area contributed by atoms with Crippen molar-refractivity contribution in [1.29, 1.82) is 0 Å². The quantitative estimate of drug-likeness (QED) is 0.304. The first-order chi connectivity index (χ1) is 18.9. The van der Waals surface area contributed by atoms with Crippen LogP contribution < -0.4 is 21.1 Å². The molecule has 1 saturated carbocycles. The van der Waals surface area contributed by atoms with Gasteiger partial charge in [0.25, 0.3) is 0 Å². The summed E-state index contributed by atoms with van der Waals surface area (Å²) in [5.41, 5.74) is 18.7. The number of rotatable bonds is 5. The predicted molar refractivity (Wildman–Crippen MR) is 153 cm³/mol. The number of pyridine rings is 2. The molecular weight excluding hydrogens is 489 g/mol. The SMILES string of the molecule is COc1cc(-c2ccc3c(n2)N(c2ccc(C4(N)CCC4)cc2)C(c2cccnc2N)C(C)CC3)ccc1F. The Hall–Kier alpha value is -3.97. The molecule has 0 radical (unpaired) electrons. The molecule has 200 valence electrons. The highest BCUT2D eigenvalue weighted by Gasteiger charge is 2.36. The van der Waals surface area contributed by atoms with Gasteiger partial charge in [-0.3, -0.25) is 0 Å². The van der Waals surface area contributed by atoms with Crippen LogP contribution in [-0.2, 0) is 12.0 Å². The highest BCUT2D eigenvalue weighted by molar-refractivity contribution is 5.71. The summed E-state index contributed by atoms with van der Waals surface area (Å²) in [7, 11) is 1.47. The minimum Gasteiger partial charge on any atom is -0.494 e. The van der Waals surface area contributed by atoms with Crippen molar-refractivity contribution in [3.63, 3.8) is 0 Å². The van der Waals surface area contributed by atoms with Crippen LogP contribution in [0.2, 0.25) is 0 Å². The summed E-state index contributed by atoms with van der Waals surface area (Å²) in [5.74, 6) is 1.45. The third kappa shape index (κ3) is 4.51. The topological polar surface area (TPSA) is 90.3 Å². The van der Waals surface area contributed by atoms with E-state index in [-0.39, 0.29) is 23.2 Å². The van der Waals surface area contributed by atoms with Crippen LogP contribution in [0.3, 0.4) is 0 Å². The minimum absolute atomic E-state index is 0.0770. The number of anilines is 3. The van der Waals surface area contributed by atoms with Gasteiger partial charge in [-0.1, -0.05) is 31.2 Å². The second-order valence-electron chi connectivity index (χ2n) is 10.9. The van der Waals surface area contributed by atoms with Crippen molar-refractivity contribution < 1.29 is 9.13 Å².